The van der Waals surface area contributed by atoms with Crippen molar-refractivity contribution in [2.45, 2.75) is 29.6 Å². The summed E-state index contributed by atoms with van der Waals surface area (Å²) < 4.78 is 38.8. The molecule has 0 amide bonds. The zero-order chi connectivity index (χ0) is 27.9. The van der Waals surface area contributed by atoms with E-state index in [1.54, 1.807) is 24.3 Å². The molecule has 3 aromatic rings. The van der Waals surface area contributed by atoms with Crippen molar-refractivity contribution in [3.05, 3.63) is 94.3 Å². The Morgan fingerprint density at radius 3 is 2.51 bits per heavy atom. The van der Waals surface area contributed by atoms with Crippen LogP contribution in [0.2, 0.25) is 0 Å². The number of alkyl halides is 2. The molecular formula is C29H26F2N4O4. The van der Waals surface area contributed by atoms with Crippen LogP contribution in [0.5, 0.6) is 11.6 Å². The minimum absolute atomic E-state index is 0.0139. The van der Waals surface area contributed by atoms with Crippen molar-refractivity contribution in [2.24, 2.45) is 5.92 Å². The quantitative estimate of drug-likeness (QED) is 0.444. The van der Waals surface area contributed by atoms with Crippen molar-refractivity contribution < 1.29 is 28.5 Å². The molecule has 10 heteroatoms. The number of methoxy groups -OCH3 is 1. The van der Waals surface area contributed by atoms with Gasteiger partial charge in [-0.3, -0.25) is 0 Å². The highest BCUT2D eigenvalue weighted by atomic mass is 19.3. The van der Waals surface area contributed by atoms with Gasteiger partial charge in [-0.1, -0.05) is 54.0 Å². The Morgan fingerprint density at radius 2 is 1.92 bits per heavy atom. The lowest BCUT2D eigenvalue weighted by molar-refractivity contribution is -0.152. The van der Waals surface area contributed by atoms with Crippen molar-refractivity contribution in [2.75, 3.05) is 27.2 Å². The maximum absolute atomic E-state index is 13.3. The number of pyridine rings is 1. The van der Waals surface area contributed by atoms with E-state index >= 15 is 0 Å². The standard InChI is InChI=1S/C29H26F2N4O4/c1-33-23-13-21-25(27(34-23)38-3)28(37)26(36)20(15-35(2)16-22(30)31)24(18-7-5-4-6-8-18)29(28,39-21)19-11-9-17(14-32)10-12-19/h4-13,20,22,24,26,36-37H,15-16H2,2-3H3/t20-,24-,26-,28+,29+/m1/s1. The van der Waals surface area contributed by atoms with E-state index < -0.39 is 42.1 Å². The monoisotopic (exact) mass is 532 g/mol. The average molecular weight is 533 g/mol. The van der Waals surface area contributed by atoms with Crippen LogP contribution in [0.25, 0.3) is 4.85 Å². The van der Waals surface area contributed by atoms with Crippen LogP contribution in [0.4, 0.5) is 14.6 Å². The number of ether oxygens (including phenoxy) is 2. The zero-order valence-electron chi connectivity index (χ0n) is 21.3. The third-order valence-corrected chi connectivity index (χ3v) is 7.74. The van der Waals surface area contributed by atoms with Gasteiger partial charge in [0.1, 0.15) is 11.3 Å². The molecule has 5 rings (SSSR count). The molecule has 8 nitrogen and oxygen atoms in total. The summed E-state index contributed by atoms with van der Waals surface area (Å²) in [7, 11) is 2.87. The first-order valence-corrected chi connectivity index (χ1v) is 12.3. The number of aromatic nitrogens is 1. The topological polar surface area (TPSA) is 103 Å². The van der Waals surface area contributed by atoms with E-state index in [9.17, 15) is 24.3 Å². The molecule has 2 aliphatic rings. The molecule has 1 aromatic heterocycles. The second-order valence-electron chi connectivity index (χ2n) is 9.88. The maximum Gasteiger partial charge on any atom is 0.319 e. The summed E-state index contributed by atoms with van der Waals surface area (Å²) in [5.74, 6) is -1.51. The van der Waals surface area contributed by atoms with Crippen LogP contribution in [0.15, 0.2) is 60.7 Å². The highest BCUT2D eigenvalue weighted by molar-refractivity contribution is 5.62. The Bertz CT molecular complexity index is 1460. The fourth-order valence-corrected chi connectivity index (χ4v) is 6.29. The maximum atomic E-state index is 13.3. The number of halogens is 2. The Hall–Kier alpha value is -4.09. The van der Waals surface area contributed by atoms with Crippen molar-refractivity contribution in [1.29, 1.82) is 5.26 Å². The third-order valence-electron chi connectivity index (χ3n) is 7.74. The van der Waals surface area contributed by atoms with E-state index in [1.165, 1.54) is 25.1 Å². The number of fused-ring (bicyclic) bond motifs is 3. The second-order valence-corrected chi connectivity index (χ2v) is 9.88. The SMILES string of the molecule is [C-]#[N+]c1cc2c(c(OC)n1)[C@]1(O)[C@H](O)[C@H](CN(C)CC(F)F)[C@@H](c3ccccc3)[C@]1(c1ccc(C#N)cc1)O2. The number of aliphatic hydroxyl groups is 2. The van der Waals surface area contributed by atoms with Crippen molar-refractivity contribution in [3.63, 3.8) is 0 Å². The molecule has 5 atom stereocenters. The smallest absolute Gasteiger partial charge is 0.319 e. The van der Waals surface area contributed by atoms with Gasteiger partial charge >= 0.3 is 5.88 Å². The molecule has 1 saturated carbocycles. The van der Waals surface area contributed by atoms with Gasteiger partial charge in [0.05, 0.1) is 31.4 Å². The third kappa shape index (κ3) is 3.92. The molecule has 0 unspecified atom stereocenters. The minimum atomic E-state index is -2.59. The fourth-order valence-electron chi connectivity index (χ4n) is 6.29. The van der Waals surface area contributed by atoms with Crippen LogP contribution < -0.4 is 9.47 Å². The lowest BCUT2D eigenvalue weighted by Gasteiger charge is -2.40. The summed E-state index contributed by atoms with van der Waals surface area (Å²) in [5, 5.41) is 34.2. The van der Waals surface area contributed by atoms with Crippen LogP contribution in [0, 0.1) is 23.8 Å². The molecule has 2 N–H and O–H groups in total. The van der Waals surface area contributed by atoms with Gasteiger partial charge in [0.25, 0.3) is 12.2 Å². The van der Waals surface area contributed by atoms with E-state index in [-0.39, 0.29) is 29.6 Å². The molecule has 2 aromatic carbocycles. The van der Waals surface area contributed by atoms with Gasteiger partial charge in [0, 0.05) is 24.4 Å². The highest BCUT2D eigenvalue weighted by Crippen LogP contribution is 2.69. The van der Waals surface area contributed by atoms with E-state index in [1.807, 2.05) is 30.3 Å². The predicted octanol–water partition coefficient (Wildman–Crippen LogP) is 3.96. The first-order valence-electron chi connectivity index (χ1n) is 12.3. The van der Waals surface area contributed by atoms with Gasteiger partial charge < -0.3 is 29.4 Å². The van der Waals surface area contributed by atoms with E-state index in [0.29, 0.717) is 16.7 Å². The summed E-state index contributed by atoms with van der Waals surface area (Å²) >= 11 is 0. The molecule has 1 aliphatic heterocycles. The molecule has 0 radical (unpaired) electrons. The Labute approximate surface area is 224 Å². The number of hydrogen-bond donors (Lipinski definition) is 2. The Balaban J connectivity index is 1.82. The van der Waals surface area contributed by atoms with Gasteiger partial charge in [-0.05, 0) is 30.3 Å². The predicted molar refractivity (Wildman–Crippen MR) is 137 cm³/mol. The van der Waals surface area contributed by atoms with Crippen molar-refractivity contribution in [1.82, 2.24) is 9.88 Å². The van der Waals surface area contributed by atoms with Gasteiger partial charge in [-0.25, -0.2) is 8.78 Å². The van der Waals surface area contributed by atoms with Crippen LogP contribution in [-0.2, 0) is 11.2 Å². The van der Waals surface area contributed by atoms with Crippen molar-refractivity contribution in [3.8, 4) is 17.7 Å². The first-order chi connectivity index (χ1) is 18.7. The van der Waals surface area contributed by atoms with Crippen LogP contribution in [0.3, 0.4) is 0 Å². The fraction of sp³-hybridized carbons (Fsp3) is 0.345. The molecule has 0 spiro atoms. The van der Waals surface area contributed by atoms with E-state index in [2.05, 4.69) is 15.9 Å². The van der Waals surface area contributed by atoms with Crippen LogP contribution >= 0.6 is 0 Å². The number of benzene rings is 2. The van der Waals surface area contributed by atoms with Gasteiger partial charge in [0.2, 0.25) is 0 Å². The normalized spacial score (nSPS) is 27.0. The lowest BCUT2D eigenvalue weighted by atomic mass is 9.70. The molecule has 0 saturated heterocycles. The zero-order valence-corrected chi connectivity index (χ0v) is 21.3. The minimum Gasteiger partial charge on any atom is -0.479 e. The number of rotatable bonds is 7. The summed E-state index contributed by atoms with van der Waals surface area (Å²) in [4.78, 5) is 9.03. The molecule has 1 aliphatic carbocycles. The number of hydrogen-bond acceptors (Lipinski definition) is 7. The lowest BCUT2D eigenvalue weighted by Crippen LogP contribution is -2.52. The molecule has 2 heterocycles. The molecule has 1 fully saturated rings. The first kappa shape index (κ1) is 26.5. The average Bonchev–Trinajstić information content (AvgIpc) is 3.30. The van der Waals surface area contributed by atoms with Crippen LogP contribution in [0.1, 0.15) is 28.2 Å². The summed E-state index contributed by atoms with van der Waals surface area (Å²) in [6.45, 7) is 6.95. The molecular weight excluding hydrogens is 506 g/mol. The van der Waals surface area contributed by atoms with Crippen molar-refractivity contribution >= 4 is 5.82 Å². The Kier molecular flexibility index (Phi) is 6.73. The second kappa shape index (κ2) is 9.90. The number of nitrogens with zero attached hydrogens (tertiary/aromatic N) is 4. The molecule has 0 bridgehead atoms. The summed E-state index contributed by atoms with van der Waals surface area (Å²) in [5.41, 5.74) is -2.22. The highest BCUT2D eigenvalue weighted by Gasteiger charge is 2.77. The molecule has 39 heavy (non-hydrogen) atoms. The molecule has 200 valence electrons. The summed E-state index contributed by atoms with van der Waals surface area (Å²) in [6, 6.07) is 19.1. The van der Waals surface area contributed by atoms with Crippen LogP contribution in [-0.4, -0.2) is 59.9 Å². The number of nitriles is 1. The van der Waals surface area contributed by atoms with E-state index in [0.717, 1.165) is 0 Å². The number of aliphatic hydroxyl groups excluding tert-OH is 1. The summed E-state index contributed by atoms with van der Waals surface area (Å²) in [6.07, 6.45) is -4.11. The van der Waals surface area contributed by atoms with Gasteiger partial charge in [0.15, 0.2) is 11.2 Å². The Morgan fingerprint density at radius 1 is 1.23 bits per heavy atom. The van der Waals surface area contributed by atoms with Gasteiger partial charge in [-0.2, -0.15) is 5.26 Å². The van der Waals surface area contributed by atoms with Gasteiger partial charge in [-0.15, -0.1) is 0 Å². The van der Waals surface area contributed by atoms with E-state index in [4.69, 9.17) is 16.0 Å². The largest absolute Gasteiger partial charge is 0.479 e.